The highest BCUT2D eigenvalue weighted by atomic mass is 32.1. The summed E-state index contributed by atoms with van der Waals surface area (Å²) in [6, 6.07) is 3.56. The Balaban J connectivity index is 2.46. The fourth-order valence-corrected chi connectivity index (χ4v) is 2.02. The van der Waals surface area contributed by atoms with Crippen LogP contribution in [0.2, 0.25) is 0 Å². The Bertz CT molecular complexity index is 426. The minimum Gasteiger partial charge on any atom is -0.448 e. The average Bonchev–Trinajstić information content (AvgIpc) is 2.72. The van der Waals surface area contributed by atoms with E-state index in [0.717, 1.165) is 4.88 Å². The van der Waals surface area contributed by atoms with Crippen LogP contribution in [0.25, 0.3) is 0 Å². The molecule has 0 aliphatic carbocycles. The molecule has 1 heterocycles. The summed E-state index contributed by atoms with van der Waals surface area (Å²) >= 11 is 1.36. The molecule has 1 N–H and O–H groups in total. The van der Waals surface area contributed by atoms with Gasteiger partial charge in [0.25, 0.3) is 5.91 Å². The number of hydrogen-bond donors (Lipinski definition) is 1. The predicted molar refractivity (Wildman–Crippen MR) is 71.8 cm³/mol. The van der Waals surface area contributed by atoms with Crippen molar-refractivity contribution in [2.45, 2.75) is 33.8 Å². The summed E-state index contributed by atoms with van der Waals surface area (Å²) in [5.74, 6) is -0.331. The molecule has 0 aliphatic rings. The van der Waals surface area contributed by atoms with Gasteiger partial charge in [-0.2, -0.15) is 0 Å². The molecule has 0 aliphatic heterocycles. The molecule has 0 saturated carbocycles. The molecule has 1 aromatic heterocycles. The van der Waals surface area contributed by atoms with Crippen LogP contribution < -0.4 is 5.32 Å². The van der Waals surface area contributed by atoms with Crippen molar-refractivity contribution in [3.8, 4) is 0 Å². The normalized spacial score (nSPS) is 12.3. The molecule has 1 aromatic rings. The first-order valence-electron chi connectivity index (χ1n) is 5.95. The summed E-state index contributed by atoms with van der Waals surface area (Å²) in [4.78, 5) is 24.9. The first-order valence-corrected chi connectivity index (χ1v) is 6.77. The topological polar surface area (TPSA) is 55.4 Å². The molecular weight excluding hydrogens is 250 g/mol. The van der Waals surface area contributed by atoms with Gasteiger partial charge in [0.15, 0.2) is 6.10 Å². The molecule has 0 fully saturated rings. The Morgan fingerprint density at radius 2 is 2.00 bits per heavy atom. The minimum atomic E-state index is -0.765. The van der Waals surface area contributed by atoms with Crippen LogP contribution in [-0.4, -0.2) is 24.5 Å². The summed E-state index contributed by atoms with van der Waals surface area (Å²) in [6.07, 6.45) is -0.765. The molecule has 0 radical (unpaired) electrons. The standard InChI is InChI=1S/C13H19NO3S/c1-8(2)7-14-12(15)10(4)17-13(16)11-6-5-9(3)18-11/h5-6,8,10H,7H2,1-4H3,(H,14,15). The number of hydrogen-bond acceptors (Lipinski definition) is 4. The van der Waals surface area contributed by atoms with Gasteiger partial charge < -0.3 is 10.1 Å². The fourth-order valence-electron chi connectivity index (χ4n) is 1.26. The molecule has 4 nitrogen and oxygen atoms in total. The van der Waals surface area contributed by atoms with Gasteiger partial charge in [-0.15, -0.1) is 11.3 Å². The van der Waals surface area contributed by atoms with Crippen molar-refractivity contribution < 1.29 is 14.3 Å². The van der Waals surface area contributed by atoms with Gasteiger partial charge in [-0.1, -0.05) is 13.8 Å². The Kier molecular flexibility index (Phi) is 5.34. The molecule has 0 aromatic carbocycles. The highest BCUT2D eigenvalue weighted by molar-refractivity contribution is 7.13. The number of aryl methyl sites for hydroxylation is 1. The van der Waals surface area contributed by atoms with Crippen LogP contribution in [0.15, 0.2) is 12.1 Å². The highest BCUT2D eigenvalue weighted by Crippen LogP contribution is 2.16. The van der Waals surface area contributed by atoms with Gasteiger partial charge in [0.2, 0.25) is 0 Å². The largest absolute Gasteiger partial charge is 0.448 e. The minimum absolute atomic E-state index is 0.259. The van der Waals surface area contributed by atoms with Crippen molar-refractivity contribution in [2.75, 3.05) is 6.54 Å². The van der Waals surface area contributed by atoms with E-state index in [2.05, 4.69) is 5.32 Å². The van der Waals surface area contributed by atoms with Gasteiger partial charge in [0.05, 0.1) is 0 Å². The molecule has 0 spiro atoms. The van der Waals surface area contributed by atoms with Crippen molar-refractivity contribution in [1.82, 2.24) is 5.32 Å². The second kappa shape index (κ2) is 6.54. The summed E-state index contributed by atoms with van der Waals surface area (Å²) in [6.45, 7) is 8.09. The van der Waals surface area contributed by atoms with Gasteiger partial charge in [-0.05, 0) is 31.9 Å². The van der Waals surface area contributed by atoms with Crippen molar-refractivity contribution in [3.05, 3.63) is 21.9 Å². The summed E-state index contributed by atoms with van der Waals surface area (Å²) in [5.41, 5.74) is 0. The van der Waals surface area contributed by atoms with Crippen LogP contribution in [0.3, 0.4) is 0 Å². The number of nitrogens with one attached hydrogen (secondary N) is 1. The Hall–Kier alpha value is -1.36. The molecule has 18 heavy (non-hydrogen) atoms. The second-order valence-corrected chi connectivity index (χ2v) is 5.88. The van der Waals surface area contributed by atoms with Gasteiger partial charge >= 0.3 is 5.97 Å². The van der Waals surface area contributed by atoms with E-state index in [4.69, 9.17) is 4.74 Å². The van der Waals surface area contributed by atoms with Crippen molar-refractivity contribution in [1.29, 1.82) is 0 Å². The Labute approximate surface area is 111 Å². The quantitative estimate of drug-likeness (QED) is 0.835. The van der Waals surface area contributed by atoms with E-state index in [1.54, 1.807) is 13.0 Å². The second-order valence-electron chi connectivity index (χ2n) is 4.60. The van der Waals surface area contributed by atoms with E-state index < -0.39 is 12.1 Å². The van der Waals surface area contributed by atoms with E-state index >= 15 is 0 Å². The highest BCUT2D eigenvalue weighted by Gasteiger charge is 2.19. The maximum Gasteiger partial charge on any atom is 0.349 e. The van der Waals surface area contributed by atoms with Crippen LogP contribution in [0.4, 0.5) is 0 Å². The Morgan fingerprint density at radius 3 is 2.50 bits per heavy atom. The number of ether oxygens (including phenoxy) is 1. The lowest BCUT2D eigenvalue weighted by Gasteiger charge is -2.13. The van der Waals surface area contributed by atoms with E-state index in [9.17, 15) is 9.59 Å². The van der Waals surface area contributed by atoms with Gasteiger partial charge in [-0.25, -0.2) is 4.79 Å². The maximum atomic E-state index is 11.7. The van der Waals surface area contributed by atoms with Gasteiger partial charge in [0, 0.05) is 11.4 Å². The summed E-state index contributed by atoms with van der Waals surface area (Å²) < 4.78 is 5.10. The lowest BCUT2D eigenvalue weighted by Crippen LogP contribution is -2.37. The molecule has 0 saturated heterocycles. The zero-order chi connectivity index (χ0) is 13.7. The molecule has 100 valence electrons. The van der Waals surface area contributed by atoms with E-state index in [1.165, 1.54) is 11.3 Å². The van der Waals surface area contributed by atoms with Crippen molar-refractivity contribution >= 4 is 23.2 Å². The van der Waals surface area contributed by atoms with Crippen molar-refractivity contribution in [2.24, 2.45) is 5.92 Å². The number of carbonyl (C=O) groups is 2. The summed E-state index contributed by atoms with van der Waals surface area (Å²) in [7, 11) is 0. The molecule has 1 amide bonds. The van der Waals surface area contributed by atoms with Crippen LogP contribution in [0.1, 0.15) is 35.3 Å². The van der Waals surface area contributed by atoms with Crippen LogP contribution in [-0.2, 0) is 9.53 Å². The lowest BCUT2D eigenvalue weighted by atomic mass is 10.2. The molecule has 1 atom stereocenters. The van der Waals surface area contributed by atoms with E-state index in [-0.39, 0.29) is 5.91 Å². The number of rotatable bonds is 5. The maximum absolute atomic E-state index is 11.7. The van der Waals surface area contributed by atoms with Gasteiger partial charge in [0.1, 0.15) is 4.88 Å². The van der Waals surface area contributed by atoms with E-state index in [0.29, 0.717) is 17.3 Å². The predicted octanol–water partition coefficient (Wildman–Crippen LogP) is 2.37. The smallest absolute Gasteiger partial charge is 0.349 e. The monoisotopic (exact) mass is 269 g/mol. The third-order valence-corrected chi connectivity index (χ3v) is 3.26. The fraction of sp³-hybridized carbons (Fsp3) is 0.538. The summed E-state index contributed by atoms with van der Waals surface area (Å²) in [5, 5.41) is 2.73. The van der Waals surface area contributed by atoms with Gasteiger partial charge in [-0.3, -0.25) is 4.79 Å². The zero-order valence-electron chi connectivity index (χ0n) is 11.1. The SMILES string of the molecule is Cc1ccc(C(=O)OC(C)C(=O)NCC(C)C)s1. The first kappa shape index (κ1) is 14.7. The first-order chi connectivity index (χ1) is 8.40. The number of esters is 1. The van der Waals surface area contributed by atoms with Crippen molar-refractivity contribution in [3.63, 3.8) is 0 Å². The average molecular weight is 269 g/mol. The molecular formula is C13H19NO3S. The lowest BCUT2D eigenvalue weighted by molar-refractivity contribution is -0.129. The molecule has 0 bridgehead atoms. The Morgan fingerprint density at radius 1 is 1.33 bits per heavy atom. The number of amides is 1. The third-order valence-electron chi connectivity index (χ3n) is 2.28. The van der Waals surface area contributed by atoms with E-state index in [1.807, 2.05) is 26.8 Å². The zero-order valence-corrected chi connectivity index (χ0v) is 12.0. The van der Waals surface area contributed by atoms with Crippen LogP contribution in [0.5, 0.6) is 0 Å². The number of thiophene rings is 1. The third kappa shape index (κ3) is 4.49. The molecule has 1 rings (SSSR count). The van der Waals surface area contributed by atoms with Crippen LogP contribution in [0, 0.1) is 12.8 Å². The molecule has 1 unspecified atom stereocenters. The molecule has 5 heteroatoms. The van der Waals surface area contributed by atoms with Crippen LogP contribution >= 0.6 is 11.3 Å². The number of carbonyl (C=O) groups excluding carboxylic acids is 2.